The number of amides is 5. The van der Waals surface area contributed by atoms with Gasteiger partial charge in [0.05, 0.1) is 29.0 Å². The van der Waals surface area contributed by atoms with Gasteiger partial charge in [0, 0.05) is 5.69 Å². The Morgan fingerprint density at radius 3 is 2.34 bits per heavy atom. The molecule has 1 heterocycles. The zero-order chi connectivity index (χ0) is 29.7. The lowest BCUT2D eigenvalue weighted by molar-refractivity contribution is -0.122. The largest absolute Gasteiger partial charge is 0.493 e. The van der Waals surface area contributed by atoms with Gasteiger partial charge in [-0.3, -0.25) is 19.7 Å². The van der Waals surface area contributed by atoms with Crippen molar-refractivity contribution in [3.63, 3.8) is 0 Å². The van der Waals surface area contributed by atoms with Gasteiger partial charge in [-0.05, 0) is 94.9 Å². The fraction of sp³-hybridized carbons (Fsp3) is 0.107. The van der Waals surface area contributed by atoms with Crippen LogP contribution in [0.3, 0.4) is 0 Å². The van der Waals surface area contributed by atoms with E-state index in [-0.39, 0.29) is 34.9 Å². The summed E-state index contributed by atoms with van der Waals surface area (Å²) in [7, 11) is 2.60. The molecular weight excluding hydrogens is 652 g/mol. The quantitative estimate of drug-likeness (QED) is 0.159. The fourth-order valence-corrected chi connectivity index (χ4v) is 4.54. The van der Waals surface area contributed by atoms with Crippen molar-refractivity contribution < 1.29 is 42.6 Å². The van der Waals surface area contributed by atoms with E-state index in [1.807, 2.05) is 22.6 Å². The Kier molecular flexibility index (Phi) is 8.97. The standard InChI is InChI=1S/C28H21FIN3O8/c1-39-22-13-15(12-21(30)24(22)41-14-23(34)31-18-7-5-17(29)6-8-18)11-20-25(35)32-28(38)33(26(20)36)19-9-3-16(4-10-19)27(37)40-2/h3-13H,14H2,1-2H3,(H,31,34)(H,32,35,38)/b20-11-. The van der Waals surface area contributed by atoms with E-state index in [1.54, 1.807) is 6.07 Å². The Balaban J connectivity index is 1.54. The van der Waals surface area contributed by atoms with Gasteiger partial charge < -0.3 is 19.5 Å². The second kappa shape index (κ2) is 12.6. The molecule has 41 heavy (non-hydrogen) atoms. The van der Waals surface area contributed by atoms with E-state index in [0.29, 0.717) is 14.8 Å². The predicted octanol–water partition coefficient (Wildman–Crippen LogP) is 3.91. The molecule has 210 valence electrons. The van der Waals surface area contributed by atoms with Crippen LogP contribution >= 0.6 is 22.6 Å². The van der Waals surface area contributed by atoms with Crippen LogP contribution in [0.4, 0.5) is 20.6 Å². The highest BCUT2D eigenvalue weighted by Gasteiger charge is 2.37. The number of carbonyl (C=O) groups excluding carboxylic acids is 5. The normalized spacial score (nSPS) is 14.0. The molecule has 4 rings (SSSR count). The first kappa shape index (κ1) is 29.2. The lowest BCUT2D eigenvalue weighted by atomic mass is 10.1. The van der Waals surface area contributed by atoms with E-state index >= 15 is 0 Å². The molecule has 0 atom stereocenters. The third kappa shape index (κ3) is 6.69. The molecule has 1 aliphatic heterocycles. The maximum absolute atomic E-state index is 13.2. The van der Waals surface area contributed by atoms with Gasteiger partial charge in [0.1, 0.15) is 11.4 Å². The van der Waals surface area contributed by atoms with Gasteiger partial charge >= 0.3 is 12.0 Å². The molecule has 3 aromatic rings. The summed E-state index contributed by atoms with van der Waals surface area (Å²) < 4.78 is 29.3. The van der Waals surface area contributed by atoms with Crippen LogP contribution in [0.2, 0.25) is 0 Å². The van der Waals surface area contributed by atoms with Gasteiger partial charge in [-0.25, -0.2) is 18.9 Å². The topological polar surface area (TPSA) is 140 Å². The number of esters is 1. The number of methoxy groups -OCH3 is 2. The van der Waals surface area contributed by atoms with Gasteiger partial charge in [-0.2, -0.15) is 0 Å². The maximum atomic E-state index is 13.2. The first-order chi connectivity index (χ1) is 19.6. The van der Waals surface area contributed by atoms with Crippen molar-refractivity contribution in [2.24, 2.45) is 0 Å². The number of imide groups is 2. The van der Waals surface area contributed by atoms with Crippen molar-refractivity contribution in [2.75, 3.05) is 31.0 Å². The third-order valence-corrected chi connectivity index (χ3v) is 6.49. The molecule has 0 spiro atoms. The molecule has 1 fully saturated rings. The molecule has 2 N–H and O–H groups in total. The van der Waals surface area contributed by atoms with E-state index in [2.05, 4.69) is 15.4 Å². The number of carbonyl (C=O) groups is 5. The van der Waals surface area contributed by atoms with Crippen molar-refractivity contribution in [1.82, 2.24) is 5.32 Å². The summed E-state index contributed by atoms with van der Waals surface area (Å²) in [5.74, 6) is -2.83. The number of benzene rings is 3. The number of nitrogens with zero attached hydrogens (tertiary/aromatic N) is 1. The van der Waals surface area contributed by atoms with Gasteiger partial charge in [-0.15, -0.1) is 0 Å². The van der Waals surface area contributed by atoms with Gasteiger partial charge in [-0.1, -0.05) is 0 Å². The van der Waals surface area contributed by atoms with Gasteiger partial charge in [0.15, 0.2) is 18.1 Å². The monoisotopic (exact) mass is 673 g/mol. The number of halogens is 2. The second-order valence-electron chi connectivity index (χ2n) is 8.37. The molecule has 5 amide bonds. The molecule has 0 radical (unpaired) electrons. The van der Waals surface area contributed by atoms with Crippen LogP contribution in [0, 0.1) is 9.39 Å². The van der Waals surface area contributed by atoms with E-state index < -0.39 is 35.5 Å². The molecule has 11 nitrogen and oxygen atoms in total. The molecule has 3 aromatic carbocycles. The molecule has 0 bridgehead atoms. The van der Waals surface area contributed by atoms with Crippen LogP contribution in [0.15, 0.2) is 66.2 Å². The number of hydrogen-bond acceptors (Lipinski definition) is 8. The number of ether oxygens (including phenoxy) is 3. The summed E-state index contributed by atoms with van der Waals surface area (Å²) in [6.07, 6.45) is 1.29. The van der Waals surface area contributed by atoms with Crippen molar-refractivity contribution in [3.8, 4) is 11.5 Å². The van der Waals surface area contributed by atoms with Crippen LogP contribution in [-0.4, -0.2) is 50.5 Å². The number of rotatable bonds is 8. The number of barbiturate groups is 1. The van der Waals surface area contributed by atoms with Crippen LogP contribution < -0.4 is 25.0 Å². The maximum Gasteiger partial charge on any atom is 0.337 e. The summed E-state index contributed by atoms with van der Waals surface area (Å²) in [5, 5.41) is 4.72. The predicted molar refractivity (Wildman–Crippen MR) is 153 cm³/mol. The first-order valence-corrected chi connectivity index (χ1v) is 12.8. The highest BCUT2D eigenvalue weighted by molar-refractivity contribution is 14.1. The number of nitrogens with one attached hydrogen (secondary N) is 2. The summed E-state index contributed by atoms with van der Waals surface area (Å²) in [4.78, 5) is 63.1. The summed E-state index contributed by atoms with van der Waals surface area (Å²) in [6, 6.07) is 12.9. The van der Waals surface area contributed by atoms with E-state index in [1.165, 1.54) is 74.9 Å². The SMILES string of the molecule is COC(=O)c1ccc(N2C(=O)NC(=O)/C(=C/c3cc(I)c(OCC(=O)Nc4ccc(F)cc4)c(OC)c3)C2=O)cc1. The molecule has 0 aromatic heterocycles. The molecule has 0 unspecified atom stereocenters. The van der Waals surface area contributed by atoms with Crippen molar-refractivity contribution >= 4 is 69.8 Å². The Morgan fingerprint density at radius 1 is 1.02 bits per heavy atom. The lowest BCUT2D eigenvalue weighted by Gasteiger charge is -2.26. The third-order valence-electron chi connectivity index (χ3n) is 5.69. The molecule has 0 saturated carbocycles. The van der Waals surface area contributed by atoms with Crippen LogP contribution in [0.1, 0.15) is 15.9 Å². The minimum Gasteiger partial charge on any atom is -0.493 e. The van der Waals surface area contributed by atoms with E-state index in [9.17, 15) is 28.4 Å². The number of urea groups is 1. The molecule has 1 aliphatic rings. The Hall–Kier alpha value is -4.79. The lowest BCUT2D eigenvalue weighted by Crippen LogP contribution is -2.54. The number of hydrogen-bond donors (Lipinski definition) is 2. The molecule has 0 aliphatic carbocycles. The van der Waals surface area contributed by atoms with Crippen LogP contribution in [0.5, 0.6) is 11.5 Å². The average molecular weight is 673 g/mol. The first-order valence-electron chi connectivity index (χ1n) is 11.8. The molecule has 13 heteroatoms. The minimum absolute atomic E-state index is 0.133. The Morgan fingerprint density at radius 2 is 1.71 bits per heavy atom. The zero-order valence-electron chi connectivity index (χ0n) is 21.5. The van der Waals surface area contributed by atoms with Gasteiger partial charge in [0.25, 0.3) is 17.7 Å². The zero-order valence-corrected chi connectivity index (χ0v) is 23.7. The Bertz CT molecular complexity index is 1570. The molecule has 1 saturated heterocycles. The number of anilines is 2. The van der Waals surface area contributed by atoms with Crippen molar-refractivity contribution in [1.29, 1.82) is 0 Å². The highest BCUT2D eigenvalue weighted by Crippen LogP contribution is 2.35. The average Bonchev–Trinajstić information content (AvgIpc) is 2.95. The Labute approximate surface area is 246 Å². The van der Waals surface area contributed by atoms with Crippen molar-refractivity contribution in [2.45, 2.75) is 0 Å². The smallest absolute Gasteiger partial charge is 0.337 e. The summed E-state index contributed by atoms with van der Waals surface area (Å²) in [6.45, 7) is -0.378. The fourth-order valence-electron chi connectivity index (χ4n) is 3.75. The highest BCUT2D eigenvalue weighted by atomic mass is 127. The summed E-state index contributed by atoms with van der Waals surface area (Å²) >= 11 is 1.95. The second-order valence-corrected chi connectivity index (χ2v) is 9.54. The van der Waals surface area contributed by atoms with E-state index in [4.69, 9.17) is 9.47 Å². The van der Waals surface area contributed by atoms with Crippen LogP contribution in [-0.2, 0) is 19.1 Å². The van der Waals surface area contributed by atoms with E-state index in [0.717, 1.165) is 4.90 Å². The van der Waals surface area contributed by atoms with Crippen LogP contribution in [0.25, 0.3) is 6.08 Å². The van der Waals surface area contributed by atoms with Crippen molar-refractivity contribution in [3.05, 3.63) is 86.8 Å². The van der Waals surface area contributed by atoms with Gasteiger partial charge in [0.2, 0.25) is 0 Å². The molecular formula is C28H21FIN3O8. The summed E-state index contributed by atoms with van der Waals surface area (Å²) in [5.41, 5.74) is 0.791. The minimum atomic E-state index is -0.946.